The van der Waals surface area contributed by atoms with Crippen LogP contribution < -0.4 is 5.73 Å². The van der Waals surface area contributed by atoms with E-state index < -0.39 is 12.2 Å². The van der Waals surface area contributed by atoms with Crippen molar-refractivity contribution in [3.8, 4) is 0 Å². The van der Waals surface area contributed by atoms with E-state index in [4.69, 9.17) is 5.73 Å². The van der Waals surface area contributed by atoms with Gasteiger partial charge in [-0.3, -0.25) is 4.79 Å². The second kappa shape index (κ2) is 3.49. The van der Waals surface area contributed by atoms with Gasteiger partial charge >= 0.3 is 0 Å². The standard InChI is InChI=1S/C9H16N2O3/c10-2-1-3-11-6-4-5(9(11)14)7(12)8(6)13/h5-8,12-13H,1-4,10H2/t5-,6+,7-,8+/m0/s1. The highest BCUT2D eigenvalue weighted by molar-refractivity contribution is 5.83. The Kier molecular flexibility index (Phi) is 2.47. The molecule has 2 fully saturated rings. The summed E-state index contributed by atoms with van der Waals surface area (Å²) < 4.78 is 0. The summed E-state index contributed by atoms with van der Waals surface area (Å²) in [7, 11) is 0. The molecule has 1 aliphatic carbocycles. The first kappa shape index (κ1) is 9.89. The number of amides is 1. The SMILES string of the molecule is NCCCN1C(=O)[C@H]2C[C@@H]1[C@@H](O)[C@H]2O. The molecule has 0 unspecified atom stereocenters. The van der Waals surface area contributed by atoms with Crippen LogP contribution in [-0.4, -0.2) is 52.4 Å². The minimum Gasteiger partial charge on any atom is -0.390 e. The number of fused-ring (bicyclic) bond motifs is 2. The molecular weight excluding hydrogens is 184 g/mol. The summed E-state index contributed by atoms with van der Waals surface area (Å²) in [6.07, 6.45) is -0.291. The lowest BCUT2D eigenvalue weighted by molar-refractivity contribution is -0.146. The number of carbonyl (C=O) groups is 1. The number of nitrogens with two attached hydrogens (primary N) is 1. The van der Waals surface area contributed by atoms with Gasteiger partial charge in [-0.1, -0.05) is 0 Å². The fourth-order valence-corrected chi connectivity index (χ4v) is 2.48. The predicted octanol–water partition coefficient (Wildman–Crippen LogP) is -1.71. The Morgan fingerprint density at radius 1 is 1.43 bits per heavy atom. The van der Waals surface area contributed by atoms with Gasteiger partial charge in [0.1, 0.15) is 6.10 Å². The highest BCUT2D eigenvalue weighted by atomic mass is 16.3. The van der Waals surface area contributed by atoms with E-state index >= 15 is 0 Å². The number of hydrogen-bond acceptors (Lipinski definition) is 4. The monoisotopic (exact) mass is 200 g/mol. The van der Waals surface area contributed by atoms with Crippen LogP contribution in [0.3, 0.4) is 0 Å². The van der Waals surface area contributed by atoms with Gasteiger partial charge in [0, 0.05) is 6.54 Å². The van der Waals surface area contributed by atoms with Crippen molar-refractivity contribution < 1.29 is 15.0 Å². The predicted molar refractivity (Wildman–Crippen MR) is 49.3 cm³/mol. The normalized spacial score (nSPS) is 41.1. The molecule has 0 aromatic carbocycles. The molecule has 2 rings (SSSR count). The van der Waals surface area contributed by atoms with Gasteiger partial charge < -0.3 is 20.8 Å². The van der Waals surface area contributed by atoms with Crippen molar-refractivity contribution in [3.63, 3.8) is 0 Å². The quantitative estimate of drug-likeness (QED) is 0.506. The maximum atomic E-state index is 11.6. The van der Waals surface area contributed by atoms with Crippen molar-refractivity contribution in [1.29, 1.82) is 0 Å². The zero-order valence-corrected chi connectivity index (χ0v) is 7.97. The second-order valence-corrected chi connectivity index (χ2v) is 4.06. The summed E-state index contributed by atoms with van der Waals surface area (Å²) in [6, 6.07) is -0.186. The van der Waals surface area contributed by atoms with Crippen LogP contribution >= 0.6 is 0 Å². The average Bonchev–Trinajstić information content (AvgIpc) is 2.63. The molecular formula is C9H16N2O3. The number of carbonyl (C=O) groups excluding carboxylic acids is 1. The molecule has 0 spiro atoms. The first-order valence-corrected chi connectivity index (χ1v) is 5.03. The van der Waals surface area contributed by atoms with Crippen LogP contribution in [0.15, 0.2) is 0 Å². The third-order valence-corrected chi connectivity index (χ3v) is 3.26. The molecule has 1 amide bonds. The van der Waals surface area contributed by atoms with Crippen LogP contribution in [0, 0.1) is 5.92 Å². The van der Waals surface area contributed by atoms with E-state index in [0.29, 0.717) is 19.5 Å². The lowest BCUT2D eigenvalue weighted by Gasteiger charge is -2.33. The van der Waals surface area contributed by atoms with Crippen molar-refractivity contribution in [3.05, 3.63) is 0 Å². The summed E-state index contributed by atoms with van der Waals surface area (Å²) >= 11 is 0. The van der Waals surface area contributed by atoms with Gasteiger partial charge in [0.05, 0.1) is 18.1 Å². The molecule has 1 saturated carbocycles. The number of aliphatic hydroxyl groups is 2. The Morgan fingerprint density at radius 2 is 2.14 bits per heavy atom. The average molecular weight is 200 g/mol. The van der Waals surface area contributed by atoms with Crippen LogP contribution in [0.1, 0.15) is 12.8 Å². The van der Waals surface area contributed by atoms with Gasteiger partial charge in [-0.2, -0.15) is 0 Å². The molecule has 0 radical (unpaired) electrons. The highest BCUT2D eigenvalue weighted by Gasteiger charge is 2.55. The van der Waals surface area contributed by atoms with Crippen LogP contribution in [0.5, 0.6) is 0 Å². The van der Waals surface area contributed by atoms with Crippen molar-refractivity contribution in [2.24, 2.45) is 11.7 Å². The molecule has 2 bridgehead atoms. The fourth-order valence-electron chi connectivity index (χ4n) is 2.48. The van der Waals surface area contributed by atoms with Crippen molar-refractivity contribution >= 4 is 5.91 Å². The van der Waals surface area contributed by atoms with E-state index in [0.717, 1.165) is 6.42 Å². The number of hydrogen-bond donors (Lipinski definition) is 3. The van der Waals surface area contributed by atoms with Crippen LogP contribution in [0.25, 0.3) is 0 Å². The van der Waals surface area contributed by atoms with Gasteiger partial charge in [-0.15, -0.1) is 0 Å². The Morgan fingerprint density at radius 3 is 2.71 bits per heavy atom. The number of nitrogens with zero attached hydrogens (tertiary/aromatic N) is 1. The highest BCUT2D eigenvalue weighted by Crippen LogP contribution is 2.38. The van der Waals surface area contributed by atoms with E-state index in [1.165, 1.54) is 0 Å². The number of rotatable bonds is 3. The van der Waals surface area contributed by atoms with E-state index in [1.807, 2.05) is 0 Å². The minimum absolute atomic E-state index is 0.0266. The minimum atomic E-state index is -0.860. The number of likely N-dealkylation sites (tertiary alicyclic amines) is 1. The molecule has 1 saturated heterocycles. The van der Waals surface area contributed by atoms with E-state index in [2.05, 4.69) is 0 Å². The van der Waals surface area contributed by atoms with Crippen LogP contribution in [-0.2, 0) is 4.79 Å². The van der Waals surface area contributed by atoms with Gasteiger partial charge in [0.25, 0.3) is 0 Å². The molecule has 0 aromatic rings. The first-order valence-electron chi connectivity index (χ1n) is 5.03. The zero-order chi connectivity index (χ0) is 10.3. The fraction of sp³-hybridized carbons (Fsp3) is 0.889. The van der Waals surface area contributed by atoms with Crippen molar-refractivity contribution in [2.45, 2.75) is 31.1 Å². The third-order valence-electron chi connectivity index (χ3n) is 3.26. The molecule has 4 N–H and O–H groups in total. The Labute approximate surface area is 82.5 Å². The lowest BCUT2D eigenvalue weighted by atomic mass is 10.0. The molecule has 80 valence electrons. The summed E-state index contributed by atoms with van der Waals surface area (Å²) in [4.78, 5) is 13.3. The van der Waals surface area contributed by atoms with Crippen LogP contribution in [0.2, 0.25) is 0 Å². The summed E-state index contributed by atoms with van der Waals surface area (Å²) in [5.41, 5.74) is 5.36. The first-order chi connectivity index (χ1) is 6.66. The molecule has 1 aliphatic heterocycles. The molecule has 4 atom stereocenters. The molecule has 2 aliphatic rings. The summed E-state index contributed by atoms with van der Waals surface area (Å²) in [5.74, 6) is -0.408. The lowest BCUT2D eigenvalue weighted by Crippen LogP contribution is -2.51. The second-order valence-electron chi connectivity index (χ2n) is 4.06. The Balaban J connectivity index is 2.05. The van der Waals surface area contributed by atoms with E-state index in [1.54, 1.807) is 4.90 Å². The molecule has 1 heterocycles. The van der Waals surface area contributed by atoms with Gasteiger partial charge in [-0.05, 0) is 19.4 Å². The van der Waals surface area contributed by atoms with Crippen molar-refractivity contribution in [2.75, 3.05) is 13.1 Å². The summed E-state index contributed by atoms with van der Waals surface area (Å²) in [6.45, 7) is 1.14. The van der Waals surface area contributed by atoms with Crippen molar-refractivity contribution in [1.82, 2.24) is 4.90 Å². The van der Waals surface area contributed by atoms with Gasteiger partial charge in [-0.25, -0.2) is 0 Å². The molecule has 5 nitrogen and oxygen atoms in total. The molecule has 5 heteroatoms. The van der Waals surface area contributed by atoms with Gasteiger partial charge in [0.2, 0.25) is 5.91 Å². The molecule has 0 aromatic heterocycles. The third kappa shape index (κ3) is 1.24. The van der Waals surface area contributed by atoms with Gasteiger partial charge in [0.15, 0.2) is 0 Å². The largest absolute Gasteiger partial charge is 0.390 e. The Bertz CT molecular complexity index is 246. The summed E-state index contributed by atoms with van der Waals surface area (Å²) in [5, 5.41) is 19.1. The maximum absolute atomic E-state index is 11.6. The smallest absolute Gasteiger partial charge is 0.228 e. The number of piperidine rings is 1. The number of aliphatic hydroxyl groups excluding tert-OH is 2. The van der Waals surface area contributed by atoms with E-state index in [9.17, 15) is 15.0 Å². The van der Waals surface area contributed by atoms with E-state index in [-0.39, 0.29) is 17.9 Å². The zero-order valence-electron chi connectivity index (χ0n) is 7.97. The van der Waals surface area contributed by atoms with Crippen LogP contribution in [0.4, 0.5) is 0 Å². The topological polar surface area (TPSA) is 86.8 Å². The molecule has 14 heavy (non-hydrogen) atoms. The Hall–Kier alpha value is -0.650. The maximum Gasteiger partial charge on any atom is 0.228 e.